The summed E-state index contributed by atoms with van der Waals surface area (Å²) in [7, 11) is 1.53. The quantitative estimate of drug-likeness (QED) is 0.419. The number of carbonyl (C=O) groups excluding carboxylic acids is 2. The number of aliphatic hydroxyl groups excluding tert-OH is 1. The van der Waals surface area contributed by atoms with Crippen LogP contribution in [-0.2, 0) is 14.3 Å². The van der Waals surface area contributed by atoms with Crippen LogP contribution in [0.5, 0.6) is 5.75 Å². The highest BCUT2D eigenvalue weighted by atomic mass is 16.5. The Morgan fingerprint density at radius 2 is 1.79 bits per heavy atom. The summed E-state index contributed by atoms with van der Waals surface area (Å²) >= 11 is 0. The zero-order chi connectivity index (χ0) is 20.8. The SMILES string of the molecule is CCCOc1ccc(C(O)=C2C(=O)C(=O)N(CCOC)[C@@H]2c2ccncc2)cc1. The third-order valence-corrected chi connectivity index (χ3v) is 4.70. The van der Waals surface area contributed by atoms with Crippen molar-refractivity contribution in [2.24, 2.45) is 0 Å². The average Bonchev–Trinajstić information content (AvgIpc) is 3.01. The van der Waals surface area contributed by atoms with E-state index in [4.69, 9.17) is 9.47 Å². The highest BCUT2D eigenvalue weighted by molar-refractivity contribution is 6.46. The number of aliphatic hydroxyl groups is 1. The number of carbonyl (C=O) groups is 2. The largest absolute Gasteiger partial charge is 0.507 e. The van der Waals surface area contributed by atoms with Crippen molar-refractivity contribution in [3.05, 3.63) is 65.5 Å². The van der Waals surface area contributed by atoms with Gasteiger partial charge in [-0.15, -0.1) is 0 Å². The number of Topliss-reactive ketones (excluding diaryl/α,β-unsaturated/α-hetero) is 1. The lowest BCUT2D eigenvalue weighted by Crippen LogP contribution is -2.32. The molecule has 0 bridgehead atoms. The van der Waals surface area contributed by atoms with E-state index in [2.05, 4.69) is 4.98 Å². The molecule has 29 heavy (non-hydrogen) atoms. The van der Waals surface area contributed by atoms with Crippen LogP contribution in [0.3, 0.4) is 0 Å². The van der Waals surface area contributed by atoms with Gasteiger partial charge in [0, 0.05) is 31.6 Å². The van der Waals surface area contributed by atoms with Gasteiger partial charge in [0.15, 0.2) is 0 Å². The van der Waals surface area contributed by atoms with Crippen LogP contribution in [0.4, 0.5) is 0 Å². The minimum Gasteiger partial charge on any atom is -0.507 e. The number of ketones is 1. The predicted octanol–water partition coefficient (Wildman–Crippen LogP) is 2.94. The van der Waals surface area contributed by atoms with Crippen molar-refractivity contribution in [1.82, 2.24) is 9.88 Å². The monoisotopic (exact) mass is 396 g/mol. The third kappa shape index (κ3) is 4.30. The Hall–Kier alpha value is -3.19. The number of likely N-dealkylation sites (tertiary alicyclic amines) is 1. The molecule has 1 atom stereocenters. The van der Waals surface area contributed by atoms with Gasteiger partial charge in [0.2, 0.25) is 0 Å². The standard InChI is InChI=1S/C22H24N2O5/c1-3-13-29-17-6-4-16(5-7-17)20(25)18-19(15-8-10-23-11-9-15)24(12-14-28-2)22(27)21(18)26/h4-11,19,25H,3,12-14H2,1-2H3/t19-/m1/s1. The van der Waals surface area contributed by atoms with Gasteiger partial charge < -0.3 is 19.5 Å². The lowest BCUT2D eigenvalue weighted by atomic mass is 9.96. The van der Waals surface area contributed by atoms with Crippen LogP contribution >= 0.6 is 0 Å². The lowest BCUT2D eigenvalue weighted by molar-refractivity contribution is -0.140. The summed E-state index contributed by atoms with van der Waals surface area (Å²) in [4.78, 5) is 30.9. The second kappa shape index (κ2) is 9.34. The maximum absolute atomic E-state index is 12.8. The van der Waals surface area contributed by atoms with E-state index in [1.165, 1.54) is 12.0 Å². The van der Waals surface area contributed by atoms with E-state index in [0.29, 0.717) is 23.5 Å². The zero-order valence-electron chi connectivity index (χ0n) is 16.5. The molecule has 0 unspecified atom stereocenters. The lowest BCUT2D eigenvalue weighted by Gasteiger charge is -2.24. The second-order valence-electron chi connectivity index (χ2n) is 6.64. The van der Waals surface area contributed by atoms with Crippen molar-refractivity contribution < 1.29 is 24.2 Å². The fraction of sp³-hybridized carbons (Fsp3) is 0.318. The average molecular weight is 396 g/mol. The van der Waals surface area contributed by atoms with E-state index in [1.54, 1.807) is 48.8 Å². The van der Waals surface area contributed by atoms with Gasteiger partial charge in [0.25, 0.3) is 11.7 Å². The fourth-order valence-electron chi connectivity index (χ4n) is 3.28. The van der Waals surface area contributed by atoms with Crippen LogP contribution in [0.25, 0.3) is 5.76 Å². The molecule has 1 saturated heterocycles. The van der Waals surface area contributed by atoms with Crippen LogP contribution in [0.2, 0.25) is 0 Å². The first kappa shape index (κ1) is 20.5. The summed E-state index contributed by atoms with van der Waals surface area (Å²) in [5.74, 6) is -0.915. The molecule has 7 nitrogen and oxygen atoms in total. The Kier molecular flexibility index (Phi) is 6.61. The fourth-order valence-corrected chi connectivity index (χ4v) is 3.28. The van der Waals surface area contributed by atoms with Crippen molar-refractivity contribution in [3.8, 4) is 5.75 Å². The van der Waals surface area contributed by atoms with Crippen LogP contribution in [0.15, 0.2) is 54.4 Å². The second-order valence-corrected chi connectivity index (χ2v) is 6.64. The number of ether oxygens (including phenoxy) is 2. The Bertz CT molecular complexity index is 893. The van der Waals surface area contributed by atoms with Crippen molar-refractivity contribution in [1.29, 1.82) is 0 Å². The number of benzene rings is 1. The molecule has 0 spiro atoms. The number of methoxy groups -OCH3 is 1. The molecule has 0 radical (unpaired) electrons. The molecule has 1 N–H and O–H groups in total. The highest BCUT2D eigenvalue weighted by Gasteiger charge is 2.45. The smallest absolute Gasteiger partial charge is 0.295 e. The number of hydrogen-bond donors (Lipinski definition) is 1. The molecule has 1 aliphatic heterocycles. The molecule has 2 heterocycles. The first-order valence-electron chi connectivity index (χ1n) is 9.49. The molecule has 7 heteroatoms. The van der Waals surface area contributed by atoms with Gasteiger partial charge >= 0.3 is 0 Å². The van der Waals surface area contributed by atoms with E-state index in [-0.39, 0.29) is 24.5 Å². The van der Waals surface area contributed by atoms with E-state index in [9.17, 15) is 14.7 Å². The molecule has 1 aliphatic rings. The maximum atomic E-state index is 12.8. The van der Waals surface area contributed by atoms with Gasteiger partial charge in [-0.1, -0.05) is 6.92 Å². The zero-order valence-corrected chi connectivity index (χ0v) is 16.5. The first-order valence-corrected chi connectivity index (χ1v) is 9.49. The highest BCUT2D eigenvalue weighted by Crippen LogP contribution is 2.39. The molecular weight excluding hydrogens is 372 g/mol. The van der Waals surface area contributed by atoms with Gasteiger partial charge in [-0.05, 0) is 48.4 Å². The van der Waals surface area contributed by atoms with E-state index in [1.807, 2.05) is 6.92 Å². The summed E-state index contributed by atoms with van der Waals surface area (Å²) in [5, 5.41) is 10.9. The maximum Gasteiger partial charge on any atom is 0.295 e. The number of amides is 1. The van der Waals surface area contributed by atoms with Gasteiger partial charge in [0.1, 0.15) is 11.5 Å². The van der Waals surface area contributed by atoms with E-state index < -0.39 is 17.7 Å². The van der Waals surface area contributed by atoms with Gasteiger partial charge in [-0.3, -0.25) is 14.6 Å². The molecule has 152 valence electrons. The summed E-state index contributed by atoms with van der Waals surface area (Å²) in [6.45, 7) is 3.12. The Labute approximate surface area is 169 Å². The van der Waals surface area contributed by atoms with E-state index >= 15 is 0 Å². The minimum atomic E-state index is -0.716. The Morgan fingerprint density at radius 1 is 1.10 bits per heavy atom. The topological polar surface area (TPSA) is 89.0 Å². The normalized spacial score (nSPS) is 18.3. The van der Waals surface area contributed by atoms with Crippen molar-refractivity contribution in [2.75, 3.05) is 26.9 Å². The van der Waals surface area contributed by atoms with Gasteiger partial charge in [-0.25, -0.2) is 0 Å². The van der Waals surface area contributed by atoms with E-state index in [0.717, 1.165) is 6.42 Å². The third-order valence-electron chi connectivity index (χ3n) is 4.70. The molecule has 3 rings (SSSR count). The Morgan fingerprint density at radius 3 is 2.41 bits per heavy atom. The number of hydrogen-bond acceptors (Lipinski definition) is 6. The molecule has 1 aromatic heterocycles. The summed E-state index contributed by atoms with van der Waals surface area (Å²) in [6.07, 6.45) is 4.07. The van der Waals surface area contributed by atoms with Gasteiger partial charge in [0.05, 0.1) is 24.8 Å². The Balaban J connectivity index is 2.03. The molecule has 0 saturated carbocycles. The molecular formula is C22H24N2O5. The summed E-state index contributed by atoms with van der Waals surface area (Å²) in [6, 6.07) is 9.56. The molecule has 2 aromatic rings. The van der Waals surface area contributed by atoms with Crippen molar-refractivity contribution in [3.63, 3.8) is 0 Å². The summed E-state index contributed by atoms with van der Waals surface area (Å²) in [5.41, 5.74) is 1.19. The number of aromatic nitrogens is 1. The van der Waals surface area contributed by atoms with Crippen LogP contribution in [-0.4, -0.2) is 53.5 Å². The molecule has 1 aromatic carbocycles. The van der Waals surface area contributed by atoms with Crippen molar-refractivity contribution >= 4 is 17.4 Å². The van der Waals surface area contributed by atoms with Crippen LogP contribution in [0.1, 0.15) is 30.5 Å². The summed E-state index contributed by atoms with van der Waals surface area (Å²) < 4.78 is 10.6. The molecule has 0 aliphatic carbocycles. The number of nitrogens with zero attached hydrogens (tertiary/aromatic N) is 2. The van der Waals surface area contributed by atoms with Gasteiger partial charge in [-0.2, -0.15) is 0 Å². The number of rotatable bonds is 8. The minimum absolute atomic E-state index is 0.0551. The van der Waals surface area contributed by atoms with Crippen LogP contribution in [0, 0.1) is 0 Å². The van der Waals surface area contributed by atoms with Crippen molar-refractivity contribution in [2.45, 2.75) is 19.4 Å². The first-order chi connectivity index (χ1) is 14.1. The molecule has 1 amide bonds. The molecule has 1 fully saturated rings. The van der Waals surface area contributed by atoms with Crippen LogP contribution < -0.4 is 4.74 Å². The predicted molar refractivity (Wildman–Crippen MR) is 107 cm³/mol. The number of pyridine rings is 1.